The minimum absolute atomic E-state index is 0. The molecule has 0 heterocycles. The quantitative estimate of drug-likeness (QED) is 0.288. The van der Waals surface area contributed by atoms with Gasteiger partial charge < -0.3 is 37.2 Å². The third-order valence-electron chi connectivity index (χ3n) is 5.14. The Bertz CT molecular complexity index is 615. The van der Waals surface area contributed by atoms with Crippen LogP contribution < -0.4 is 42.4 Å². The van der Waals surface area contributed by atoms with Crippen LogP contribution in [-0.4, -0.2) is 8.80 Å². The van der Waals surface area contributed by atoms with Gasteiger partial charge in [0.05, 0.1) is 0 Å². The molecule has 144 valence electrons. The van der Waals surface area contributed by atoms with E-state index in [9.17, 15) is 0 Å². The SMILES string of the molecule is CCCCC[SiH](C1=[C]([Ti+3])CC=C1CC)c1c(C)cc(C)cc1C.[Cl-].[Cl-].[Cl-]. The van der Waals surface area contributed by atoms with Crippen molar-refractivity contribution >= 4 is 14.0 Å². The smallest absolute Gasteiger partial charge is 1.00 e. The molecule has 1 atom stereocenters. The summed E-state index contributed by atoms with van der Waals surface area (Å²) in [6, 6.07) is 6.24. The minimum atomic E-state index is -1.10. The monoisotopic (exact) mass is 464 g/mol. The Kier molecular flexibility index (Phi) is 15.1. The fourth-order valence-electron chi connectivity index (χ4n) is 4.18. The fourth-order valence-corrected chi connectivity index (χ4v) is 9.54. The number of allylic oxidation sites excluding steroid dienone is 4. The van der Waals surface area contributed by atoms with Gasteiger partial charge in [0.1, 0.15) is 0 Å². The summed E-state index contributed by atoms with van der Waals surface area (Å²) in [5.74, 6) is 0. The number of rotatable bonds is 7. The predicted molar refractivity (Wildman–Crippen MR) is 102 cm³/mol. The summed E-state index contributed by atoms with van der Waals surface area (Å²) >= 11 is 2.38. The molecule has 1 aliphatic rings. The standard InChI is InChI=1S/C21H31Si.3ClH.Ti/c1-6-8-9-13-22(20-12-10-11-19(20)7-2)21-17(4)14-16(3)15-18(21)5;;;;/h11,14-15,22H,6-10,13H2,1-5H3;3*1H;/q;;;;+3/p-3. The van der Waals surface area contributed by atoms with E-state index < -0.39 is 8.80 Å². The molecular formula is C21H31Cl3SiTi. The zero-order valence-electron chi connectivity index (χ0n) is 16.7. The van der Waals surface area contributed by atoms with Gasteiger partial charge in [0.25, 0.3) is 0 Å². The number of hydrogen-bond donors (Lipinski definition) is 0. The molecule has 2 rings (SSSR count). The summed E-state index contributed by atoms with van der Waals surface area (Å²) < 4.78 is 1.66. The molecule has 0 fully saturated rings. The molecule has 0 nitrogen and oxygen atoms in total. The second-order valence-corrected chi connectivity index (χ2v) is 10.8. The molecule has 1 aromatic rings. The molecule has 0 bridgehead atoms. The van der Waals surface area contributed by atoms with Gasteiger partial charge in [-0.2, -0.15) is 0 Å². The van der Waals surface area contributed by atoms with Crippen LogP contribution in [0.4, 0.5) is 0 Å². The van der Waals surface area contributed by atoms with Gasteiger partial charge in [-0.1, -0.05) is 0 Å². The van der Waals surface area contributed by atoms with E-state index in [-0.39, 0.29) is 37.2 Å². The second kappa shape index (κ2) is 13.6. The van der Waals surface area contributed by atoms with Gasteiger partial charge in [0.2, 0.25) is 0 Å². The van der Waals surface area contributed by atoms with E-state index in [1.165, 1.54) is 43.7 Å². The van der Waals surface area contributed by atoms with E-state index in [0.29, 0.717) is 0 Å². The van der Waals surface area contributed by atoms with Crippen molar-refractivity contribution in [3.8, 4) is 0 Å². The molecule has 1 aromatic carbocycles. The van der Waals surface area contributed by atoms with Crippen molar-refractivity contribution in [1.82, 2.24) is 0 Å². The maximum Gasteiger partial charge on any atom is -1.00 e. The van der Waals surface area contributed by atoms with Crippen molar-refractivity contribution in [3.05, 3.63) is 49.5 Å². The first-order valence-electron chi connectivity index (χ1n) is 9.21. The normalized spacial score (nSPS) is 14.2. The molecule has 0 saturated carbocycles. The van der Waals surface area contributed by atoms with Crippen molar-refractivity contribution in [2.45, 2.75) is 72.8 Å². The summed E-state index contributed by atoms with van der Waals surface area (Å²) in [5, 5.41) is 3.54. The molecule has 1 aliphatic carbocycles. The molecule has 1 unspecified atom stereocenters. The number of unbranched alkanes of at least 4 members (excludes halogenated alkanes) is 2. The van der Waals surface area contributed by atoms with Gasteiger partial charge in [-0.25, -0.2) is 0 Å². The first-order valence-corrected chi connectivity index (χ1v) is 12.0. The van der Waals surface area contributed by atoms with Crippen molar-refractivity contribution in [1.29, 1.82) is 0 Å². The number of hydrogen-bond acceptors (Lipinski definition) is 0. The first-order chi connectivity index (χ1) is 11.0. The molecule has 5 heteroatoms. The molecule has 0 radical (unpaired) electrons. The van der Waals surface area contributed by atoms with E-state index in [0.717, 1.165) is 0 Å². The first kappa shape index (κ1) is 28.7. The molecule has 0 N–H and O–H groups in total. The van der Waals surface area contributed by atoms with Crippen molar-refractivity contribution < 1.29 is 57.7 Å². The number of aryl methyl sites for hydroxylation is 3. The van der Waals surface area contributed by atoms with E-state index in [4.69, 9.17) is 0 Å². The Hall–Kier alpha value is 0.501. The Morgan fingerprint density at radius 2 is 1.54 bits per heavy atom. The fraction of sp³-hybridized carbons (Fsp3) is 0.524. The zero-order chi connectivity index (χ0) is 17.0. The Morgan fingerprint density at radius 3 is 2.04 bits per heavy atom. The van der Waals surface area contributed by atoms with Crippen LogP contribution in [0.15, 0.2) is 32.9 Å². The molecular weight excluding hydrogens is 435 g/mol. The molecule has 0 spiro atoms. The minimum Gasteiger partial charge on any atom is -1.00 e. The maximum absolute atomic E-state index is 2.50. The zero-order valence-corrected chi connectivity index (χ0v) is 21.7. The van der Waals surface area contributed by atoms with Gasteiger partial charge in [-0.3, -0.25) is 0 Å². The number of benzene rings is 1. The van der Waals surface area contributed by atoms with Gasteiger partial charge in [0, 0.05) is 0 Å². The summed E-state index contributed by atoms with van der Waals surface area (Å²) in [4.78, 5) is 0. The largest absolute Gasteiger partial charge is 1.00 e. The van der Waals surface area contributed by atoms with Crippen LogP contribution in [0.1, 0.15) is 62.6 Å². The van der Waals surface area contributed by atoms with Gasteiger partial charge in [0.15, 0.2) is 0 Å². The van der Waals surface area contributed by atoms with E-state index in [1.54, 1.807) is 31.0 Å². The van der Waals surface area contributed by atoms with Crippen molar-refractivity contribution in [2.75, 3.05) is 0 Å². The third kappa shape index (κ3) is 6.83. The summed E-state index contributed by atoms with van der Waals surface area (Å²) in [6.07, 6.45) is 9.00. The average molecular weight is 466 g/mol. The van der Waals surface area contributed by atoms with Crippen LogP contribution in [0, 0.1) is 20.8 Å². The summed E-state index contributed by atoms with van der Waals surface area (Å²) in [5.41, 5.74) is 6.15. The van der Waals surface area contributed by atoms with Crippen LogP contribution >= 0.6 is 0 Å². The summed E-state index contributed by atoms with van der Waals surface area (Å²) in [6.45, 7) is 11.6. The Morgan fingerprint density at radius 1 is 0.962 bits per heavy atom. The Labute approximate surface area is 192 Å². The molecule has 26 heavy (non-hydrogen) atoms. The van der Waals surface area contributed by atoms with Crippen LogP contribution in [-0.2, 0) is 20.4 Å². The van der Waals surface area contributed by atoms with Crippen molar-refractivity contribution in [3.63, 3.8) is 0 Å². The van der Waals surface area contributed by atoms with Crippen molar-refractivity contribution in [2.24, 2.45) is 0 Å². The van der Waals surface area contributed by atoms with E-state index in [2.05, 4.69) is 73.3 Å². The molecule has 0 aromatic heterocycles. The van der Waals surface area contributed by atoms with Crippen LogP contribution in [0.25, 0.3) is 0 Å². The maximum atomic E-state index is 2.50. The predicted octanol–water partition coefficient (Wildman–Crippen LogP) is -3.67. The van der Waals surface area contributed by atoms with E-state index in [1.807, 2.05) is 0 Å². The third-order valence-corrected chi connectivity index (χ3v) is 10.3. The van der Waals surface area contributed by atoms with Gasteiger partial charge >= 0.3 is 157 Å². The van der Waals surface area contributed by atoms with Gasteiger partial charge in [-0.15, -0.1) is 0 Å². The van der Waals surface area contributed by atoms with Gasteiger partial charge in [-0.05, 0) is 0 Å². The van der Waals surface area contributed by atoms with Crippen LogP contribution in [0.2, 0.25) is 6.04 Å². The molecule has 0 aliphatic heterocycles. The Balaban J connectivity index is 0. The number of halogens is 3. The van der Waals surface area contributed by atoms with E-state index >= 15 is 0 Å². The average Bonchev–Trinajstić information content (AvgIpc) is 2.85. The summed E-state index contributed by atoms with van der Waals surface area (Å²) in [7, 11) is -1.10. The molecule has 0 saturated heterocycles. The van der Waals surface area contributed by atoms with Crippen LogP contribution in [0.5, 0.6) is 0 Å². The second-order valence-electron chi connectivity index (χ2n) is 7.04. The topological polar surface area (TPSA) is 0 Å². The molecule has 0 amide bonds. The van der Waals surface area contributed by atoms with Crippen LogP contribution in [0.3, 0.4) is 0 Å².